The van der Waals surface area contributed by atoms with Gasteiger partial charge in [0.25, 0.3) is 5.91 Å². The van der Waals surface area contributed by atoms with Gasteiger partial charge in [-0.3, -0.25) is 9.10 Å². The molecule has 32 heavy (non-hydrogen) atoms. The van der Waals surface area contributed by atoms with Crippen molar-refractivity contribution in [1.82, 2.24) is 15.3 Å². The van der Waals surface area contributed by atoms with E-state index in [9.17, 15) is 13.2 Å². The number of para-hydroxylation sites is 2. The number of sulfonamides is 1. The highest BCUT2D eigenvalue weighted by Crippen LogP contribution is 2.32. The van der Waals surface area contributed by atoms with E-state index in [0.717, 1.165) is 23.2 Å². The zero-order valence-electron chi connectivity index (χ0n) is 17.7. The monoisotopic (exact) mass is 492 g/mol. The van der Waals surface area contributed by atoms with Crippen molar-refractivity contribution in [2.45, 2.75) is 25.3 Å². The van der Waals surface area contributed by atoms with Crippen molar-refractivity contribution in [1.29, 1.82) is 0 Å². The first-order chi connectivity index (χ1) is 15.4. The number of carbonyl (C=O) groups is 1. The topological polar surface area (TPSA) is 95.2 Å². The van der Waals surface area contributed by atoms with Gasteiger partial charge < -0.3 is 10.3 Å². The molecule has 1 atom stereocenters. The molecule has 0 aliphatic carbocycles. The zero-order chi connectivity index (χ0) is 22.7. The Morgan fingerprint density at radius 3 is 2.84 bits per heavy atom. The van der Waals surface area contributed by atoms with Crippen LogP contribution in [0.25, 0.3) is 11.0 Å². The van der Waals surface area contributed by atoms with Gasteiger partial charge in [-0.2, -0.15) is 11.8 Å². The average molecular weight is 493 g/mol. The highest BCUT2D eigenvalue weighted by Gasteiger charge is 2.28. The molecule has 3 aromatic rings. The molecule has 1 aliphatic heterocycles. The van der Waals surface area contributed by atoms with E-state index in [0.29, 0.717) is 41.5 Å². The van der Waals surface area contributed by atoms with Crippen molar-refractivity contribution < 1.29 is 13.2 Å². The van der Waals surface area contributed by atoms with Crippen molar-refractivity contribution in [2.75, 3.05) is 28.6 Å². The summed E-state index contributed by atoms with van der Waals surface area (Å²) >= 11 is 8.01. The van der Waals surface area contributed by atoms with Crippen LogP contribution in [0.2, 0.25) is 5.02 Å². The van der Waals surface area contributed by atoms with Crippen LogP contribution in [0.5, 0.6) is 0 Å². The maximum absolute atomic E-state index is 13.1. The molecule has 4 rings (SSSR count). The second-order valence-electron chi connectivity index (χ2n) is 7.71. The molecule has 0 radical (unpaired) electrons. The molecule has 1 fully saturated rings. The van der Waals surface area contributed by atoms with E-state index in [2.05, 4.69) is 15.3 Å². The van der Waals surface area contributed by atoms with Crippen LogP contribution in [0.4, 0.5) is 5.69 Å². The first-order valence-corrected chi connectivity index (χ1v) is 13.8. The molecule has 0 bridgehead atoms. The van der Waals surface area contributed by atoms with Crippen molar-refractivity contribution in [3.8, 4) is 0 Å². The van der Waals surface area contributed by atoms with Crippen molar-refractivity contribution in [3.63, 3.8) is 0 Å². The van der Waals surface area contributed by atoms with Crippen LogP contribution in [0.3, 0.4) is 0 Å². The molecule has 170 valence electrons. The largest absolute Gasteiger partial charge is 0.342 e. The van der Waals surface area contributed by atoms with Gasteiger partial charge in [-0.1, -0.05) is 23.7 Å². The minimum Gasteiger partial charge on any atom is -0.342 e. The van der Waals surface area contributed by atoms with E-state index in [1.54, 1.807) is 30.0 Å². The van der Waals surface area contributed by atoms with E-state index in [1.807, 2.05) is 30.5 Å². The summed E-state index contributed by atoms with van der Waals surface area (Å²) in [5, 5.41) is 3.37. The molecule has 7 nitrogen and oxygen atoms in total. The fourth-order valence-corrected chi connectivity index (χ4v) is 6.18. The molecule has 1 saturated heterocycles. The lowest BCUT2D eigenvalue weighted by atomic mass is 10.1. The number of H-pyrrole nitrogens is 1. The Balaban J connectivity index is 1.60. The molecule has 2 N–H and O–H groups in total. The summed E-state index contributed by atoms with van der Waals surface area (Å²) in [6, 6.07) is 12.2. The summed E-state index contributed by atoms with van der Waals surface area (Å²) < 4.78 is 26.4. The van der Waals surface area contributed by atoms with E-state index >= 15 is 0 Å². The Bertz CT molecular complexity index is 1200. The highest BCUT2D eigenvalue weighted by atomic mass is 35.5. The maximum Gasteiger partial charge on any atom is 0.251 e. The molecule has 0 spiro atoms. The number of aromatic nitrogens is 2. The van der Waals surface area contributed by atoms with Crippen LogP contribution in [0.1, 0.15) is 41.5 Å². The summed E-state index contributed by atoms with van der Waals surface area (Å²) in [6.07, 6.45) is 4.11. The number of benzene rings is 2. The second-order valence-corrected chi connectivity index (χ2v) is 11.1. The molecule has 2 aromatic carbocycles. The number of nitrogens with zero attached hydrogens (tertiary/aromatic N) is 2. The Hall–Kier alpha value is -2.23. The normalized spacial score (nSPS) is 16.8. The van der Waals surface area contributed by atoms with Gasteiger partial charge in [0.15, 0.2) is 0 Å². The third kappa shape index (κ3) is 4.89. The minimum atomic E-state index is -3.44. The summed E-state index contributed by atoms with van der Waals surface area (Å²) in [4.78, 5) is 21.1. The molecular formula is C22H25ClN4O3S2. The Morgan fingerprint density at radius 1 is 1.28 bits per heavy atom. The number of anilines is 1. The van der Waals surface area contributed by atoms with E-state index in [1.165, 1.54) is 4.31 Å². The van der Waals surface area contributed by atoms with Gasteiger partial charge in [0.1, 0.15) is 5.82 Å². The smallest absolute Gasteiger partial charge is 0.251 e. The summed E-state index contributed by atoms with van der Waals surface area (Å²) in [5.74, 6) is 1.33. The van der Waals surface area contributed by atoms with Gasteiger partial charge in [-0.05, 0) is 61.6 Å². The lowest BCUT2D eigenvalue weighted by Crippen LogP contribution is -2.38. The van der Waals surface area contributed by atoms with Gasteiger partial charge in [0, 0.05) is 12.1 Å². The number of imidazole rings is 1. The lowest BCUT2D eigenvalue weighted by Gasteiger charge is -2.29. The molecule has 2 heterocycles. The molecule has 1 aromatic heterocycles. The quantitative estimate of drug-likeness (QED) is 0.510. The number of hydrogen-bond acceptors (Lipinski definition) is 5. The number of rotatable bonds is 7. The van der Waals surface area contributed by atoms with Gasteiger partial charge in [-0.25, -0.2) is 13.4 Å². The van der Waals surface area contributed by atoms with Gasteiger partial charge >= 0.3 is 0 Å². The number of nitrogens with one attached hydrogen (secondary N) is 2. The molecule has 1 amide bonds. The van der Waals surface area contributed by atoms with Crippen LogP contribution in [0.15, 0.2) is 42.5 Å². The van der Waals surface area contributed by atoms with Crippen molar-refractivity contribution in [3.05, 3.63) is 58.9 Å². The molecule has 1 unspecified atom stereocenters. The number of fused-ring (bicyclic) bond motifs is 1. The fourth-order valence-electron chi connectivity index (χ4n) is 3.80. The van der Waals surface area contributed by atoms with Gasteiger partial charge in [-0.15, -0.1) is 0 Å². The van der Waals surface area contributed by atoms with Crippen molar-refractivity contribution in [2.24, 2.45) is 0 Å². The predicted molar refractivity (Wildman–Crippen MR) is 131 cm³/mol. The summed E-state index contributed by atoms with van der Waals surface area (Å²) in [5.41, 5.74) is 2.46. The number of halogens is 1. The van der Waals surface area contributed by atoms with Gasteiger partial charge in [0.2, 0.25) is 10.0 Å². The lowest BCUT2D eigenvalue weighted by molar-refractivity contribution is 0.0934. The third-order valence-corrected chi connectivity index (χ3v) is 8.30. The van der Waals surface area contributed by atoms with E-state index in [4.69, 9.17) is 11.6 Å². The molecule has 0 saturated carbocycles. The third-order valence-electron chi connectivity index (χ3n) is 5.48. The fraction of sp³-hybridized carbons (Fsp3) is 0.364. The zero-order valence-corrected chi connectivity index (χ0v) is 20.1. The predicted octanol–water partition coefficient (Wildman–Crippen LogP) is 4.37. The van der Waals surface area contributed by atoms with Crippen LogP contribution in [0, 0.1) is 0 Å². The number of hydrogen-bond donors (Lipinski definition) is 2. The minimum absolute atomic E-state index is 0.0859. The van der Waals surface area contributed by atoms with Gasteiger partial charge in [0.05, 0.1) is 33.5 Å². The summed E-state index contributed by atoms with van der Waals surface area (Å²) in [6.45, 7) is 0.364. The second kappa shape index (κ2) is 9.72. The summed E-state index contributed by atoms with van der Waals surface area (Å²) in [7, 11) is -3.44. The molecular weight excluding hydrogens is 468 g/mol. The van der Waals surface area contributed by atoms with Crippen LogP contribution in [-0.2, 0) is 10.0 Å². The SMILES string of the molecule is CSCCC(NC(=O)c1ccc(Cl)c(N2CCCCS2(=O)=O)c1)c1nc2ccccc2[nH]1. The maximum atomic E-state index is 13.1. The first kappa shape index (κ1) is 22.9. The average Bonchev–Trinajstić information content (AvgIpc) is 3.21. The molecule has 1 aliphatic rings. The first-order valence-electron chi connectivity index (χ1n) is 10.4. The van der Waals surface area contributed by atoms with E-state index < -0.39 is 10.0 Å². The number of thioether (sulfide) groups is 1. The number of aromatic amines is 1. The highest BCUT2D eigenvalue weighted by molar-refractivity contribution is 7.98. The number of carbonyl (C=O) groups excluding carboxylic acids is 1. The Kier molecular flexibility index (Phi) is 6.97. The Morgan fingerprint density at radius 2 is 2.09 bits per heavy atom. The van der Waals surface area contributed by atoms with Crippen LogP contribution in [-0.4, -0.2) is 48.6 Å². The Labute approximate surface area is 197 Å². The van der Waals surface area contributed by atoms with Crippen LogP contribution < -0.4 is 9.62 Å². The molecule has 10 heteroatoms. The standard InChI is InChI=1S/C22H25ClN4O3S2/c1-31-12-10-19(21-24-17-6-2-3-7-18(17)25-21)26-22(28)15-8-9-16(23)20(14-15)27-11-4-5-13-32(27,29)30/h2-3,6-9,14,19H,4-5,10-13H2,1H3,(H,24,25)(H,26,28). The van der Waals surface area contributed by atoms with Crippen LogP contribution >= 0.6 is 23.4 Å². The number of amides is 1. The van der Waals surface area contributed by atoms with Crippen molar-refractivity contribution >= 4 is 56.0 Å². The van der Waals surface area contributed by atoms with E-state index in [-0.39, 0.29) is 17.7 Å².